The Labute approximate surface area is 153 Å². The maximum absolute atomic E-state index is 13.5. The summed E-state index contributed by atoms with van der Waals surface area (Å²) in [6.07, 6.45) is 2.08. The van der Waals surface area contributed by atoms with E-state index in [-0.39, 0.29) is 12.4 Å². The number of nitrogens with zero attached hydrogens (tertiary/aromatic N) is 3. The van der Waals surface area contributed by atoms with Gasteiger partial charge in [0.15, 0.2) is 0 Å². The molecule has 26 heavy (non-hydrogen) atoms. The van der Waals surface area contributed by atoms with E-state index in [2.05, 4.69) is 44.8 Å². The van der Waals surface area contributed by atoms with Crippen molar-refractivity contribution in [2.45, 2.75) is 6.54 Å². The van der Waals surface area contributed by atoms with E-state index in [1.807, 2.05) is 6.07 Å². The highest BCUT2D eigenvalue weighted by Gasteiger charge is 2.19. The molecule has 1 aliphatic heterocycles. The smallest absolute Gasteiger partial charge is 0.123 e. The fourth-order valence-corrected chi connectivity index (χ4v) is 3.81. The minimum atomic E-state index is -0.194. The quantitative estimate of drug-likeness (QED) is 0.765. The number of halogens is 1. The van der Waals surface area contributed by atoms with Gasteiger partial charge in [-0.25, -0.2) is 4.39 Å². The number of β-amino-alcohol motifs (C(OH)–C–C–N with tert-alkyl or cyclic N) is 1. The van der Waals surface area contributed by atoms with Crippen LogP contribution in [0.1, 0.15) is 5.56 Å². The van der Waals surface area contributed by atoms with Gasteiger partial charge in [0.05, 0.1) is 12.1 Å². The van der Waals surface area contributed by atoms with Gasteiger partial charge in [-0.2, -0.15) is 0 Å². The Kier molecular flexibility index (Phi) is 4.91. The Balaban J connectivity index is 1.57. The highest BCUT2D eigenvalue weighted by molar-refractivity contribution is 5.93. The molecule has 1 fully saturated rings. The van der Waals surface area contributed by atoms with Gasteiger partial charge >= 0.3 is 0 Å². The van der Waals surface area contributed by atoms with E-state index in [0.29, 0.717) is 6.54 Å². The minimum absolute atomic E-state index is 0.194. The first-order chi connectivity index (χ1) is 12.7. The number of benzene rings is 2. The van der Waals surface area contributed by atoms with Gasteiger partial charge < -0.3 is 14.6 Å². The summed E-state index contributed by atoms with van der Waals surface area (Å²) in [5, 5.41) is 10.3. The molecule has 0 atom stereocenters. The predicted molar refractivity (Wildman–Crippen MR) is 103 cm³/mol. The lowest BCUT2D eigenvalue weighted by Crippen LogP contribution is -2.47. The monoisotopic (exact) mass is 353 g/mol. The topological polar surface area (TPSA) is 31.6 Å². The fraction of sp³-hybridized carbons (Fsp3) is 0.333. The number of piperazine rings is 1. The highest BCUT2D eigenvalue weighted by atomic mass is 19.1. The average Bonchev–Trinajstić information content (AvgIpc) is 3.06. The van der Waals surface area contributed by atoms with Crippen LogP contribution in [0, 0.1) is 5.82 Å². The molecule has 0 amide bonds. The lowest BCUT2D eigenvalue weighted by Gasteiger charge is -2.36. The zero-order valence-electron chi connectivity index (χ0n) is 14.8. The zero-order chi connectivity index (χ0) is 17.9. The molecule has 0 unspecified atom stereocenters. The first-order valence-electron chi connectivity index (χ1n) is 9.15. The molecule has 0 saturated carbocycles. The van der Waals surface area contributed by atoms with Crippen LogP contribution in [-0.4, -0.2) is 53.9 Å². The van der Waals surface area contributed by atoms with E-state index >= 15 is 0 Å². The number of fused-ring (bicyclic) bond motifs is 1. The van der Waals surface area contributed by atoms with Crippen LogP contribution in [0.25, 0.3) is 10.9 Å². The Hall–Kier alpha value is -2.37. The van der Waals surface area contributed by atoms with E-state index in [1.165, 1.54) is 22.7 Å². The van der Waals surface area contributed by atoms with Crippen LogP contribution in [0.2, 0.25) is 0 Å². The number of hydrogen-bond acceptors (Lipinski definition) is 3. The lowest BCUT2D eigenvalue weighted by molar-refractivity contribution is 0.189. The van der Waals surface area contributed by atoms with Crippen molar-refractivity contribution in [1.29, 1.82) is 0 Å². The minimum Gasteiger partial charge on any atom is -0.395 e. The second-order valence-electron chi connectivity index (χ2n) is 6.84. The number of aliphatic hydroxyl groups excluding tert-OH is 1. The van der Waals surface area contributed by atoms with Crippen molar-refractivity contribution < 1.29 is 9.50 Å². The van der Waals surface area contributed by atoms with Crippen LogP contribution < -0.4 is 4.90 Å². The van der Waals surface area contributed by atoms with Crippen molar-refractivity contribution in [3.8, 4) is 0 Å². The molecule has 1 aromatic heterocycles. The summed E-state index contributed by atoms with van der Waals surface area (Å²) in [6, 6.07) is 15.3. The molecule has 1 saturated heterocycles. The summed E-state index contributed by atoms with van der Waals surface area (Å²) in [7, 11) is 0. The summed E-state index contributed by atoms with van der Waals surface area (Å²) in [5.74, 6) is -0.194. The van der Waals surface area contributed by atoms with Gasteiger partial charge in [0.25, 0.3) is 0 Å². The van der Waals surface area contributed by atoms with Gasteiger partial charge in [0.2, 0.25) is 0 Å². The maximum Gasteiger partial charge on any atom is 0.123 e. The molecule has 1 aliphatic rings. The number of rotatable bonds is 5. The summed E-state index contributed by atoms with van der Waals surface area (Å²) in [4.78, 5) is 4.72. The third-order valence-electron chi connectivity index (χ3n) is 5.16. The summed E-state index contributed by atoms with van der Waals surface area (Å²) < 4.78 is 15.6. The number of aromatic nitrogens is 1. The molecule has 5 heteroatoms. The molecule has 0 bridgehead atoms. The Morgan fingerprint density at radius 3 is 2.54 bits per heavy atom. The molecule has 2 heterocycles. The fourth-order valence-electron chi connectivity index (χ4n) is 3.81. The van der Waals surface area contributed by atoms with Crippen LogP contribution in [0.3, 0.4) is 0 Å². The first kappa shape index (κ1) is 17.1. The molecule has 4 nitrogen and oxygen atoms in total. The van der Waals surface area contributed by atoms with Crippen LogP contribution in [-0.2, 0) is 6.54 Å². The molecule has 136 valence electrons. The van der Waals surface area contributed by atoms with Crippen LogP contribution in [0.4, 0.5) is 10.1 Å². The van der Waals surface area contributed by atoms with Crippen LogP contribution in [0.5, 0.6) is 0 Å². The summed E-state index contributed by atoms with van der Waals surface area (Å²) in [6.45, 7) is 5.51. The predicted octanol–water partition coefficient (Wildman–Crippen LogP) is 2.94. The number of aliphatic hydroxyl groups is 1. The molecule has 4 rings (SSSR count). The Bertz CT molecular complexity index is 884. The van der Waals surface area contributed by atoms with Crippen molar-refractivity contribution in [3.05, 3.63) is 66.1 Å². The normalized spacial score (nSPS) is 15.7. The first-order valence-corrected chi connectivity index (χ1v) is 9.15. The standard InChI is InChI=1S/C21H24FN3O/c22-18-4-1-3-17(15-18)16-25-8-7-19-20(5-2-6-21(19)25)24-11-9-23(10-12-24)13-14-26/h1-8,15,26H,9-14,16H2. The van der Waals surface area contributed by atoms with Crippen molar-refractivity contribution in [2.24, 2.45) is 0 Å². The molecular weight excluding hydrogens is 329 g/mol. The SMILES string of the molecule is OCCN1CCN(c2cccc3c2ccn3Cc2cccc(F)c2)CC1. The van der Waals surface area contributed by atoms with E-state index in [1.54, 1.807) is 12.1 Å². The van der Waals surface area contributed by atoms with E-state index in [0.717, 1.165) is 38.3 Å². The molecule has 1 N–H and O–H groups in total. The zero-order valence-corrected chi connectivity index (χ0v) is 14.8. The molecule has 2 aromatic carbocycles. The molecule has 3 aromatic rings. The Morgan fingerprint density at radius 1 is 0.962 bits per heavy atom. The molecule has 0 radical (unpaired) electrons. The van der Waals surface area contributed by atoms with E-state index in [4.69, 9.17) is 5.11 Å². The average molecular weight is 353 g/mol. The van der Waals surface area contributed by atoms with Crippen LogP contribution >= 0.6 is 0 Å². The third kappa shape index (κ3) is 3.45. The van der Waals surface area contributed by atoms with Gasteiger partial charge in [0.1, 0.15) is 5.82 Å². The number of anilines is 1. The van der Waals surface area contributed by atoms with Crippen molar-refractivity contribution in [1.82, 2.24) is 9.47 Å². The summed E-state index contributed by atoms with van der Waals surface area (Å²) in [5.41, 5.74) is 3.39. The second kappa shape index (κ2) is 7.48. The van der Waals surface area contributed by atoms with Crippen molar-refractivity contribution in [3.63, 3.8) is 0 Å². The van der Waals surface area contributed by atoms with Gasteiger partial charge in [0, 0.05) is 56.5 Å². The maximum atomic E-state index is 13.5. The van der Waals surface area contributed by atoms with Crippen LogP contribution in [0.15, 0.2) is 54.7 Å². The molecule has 0 aliphatic carbocycles. The second-order valence-corrected chi connectivity index (χ2v) is 6.84. The molecule has 0 spiro atoms. The lowest BCUT2D eigenvalue weighted by atomic mass is 10.1. The highest BCUT2D eigenvalue weighted by Crippen LogP contribution is 2.29. The summed E-state index contributed by atoms with van der Waals surface area (Å²) >= 11 is 0. The van der Waals surface area contributed by atoms with E-state index < -0.39 is 0 Å². The van der Waals surface area contributed by atoms with Crippen molar-refractivity contribution >= 4 is 16.6 Å². The van der Waals surface area contributed by atoms with Gasteiger partial charge in [-0.3, -0.25) is 4.90 Å². The molecular formula is C21H24FN3O. The van der Waals surface area contributed by atoms with Crippen molar-refractivity contribution in [2.75, 3.05) is 44.2 Å². The van der Waals surface area contributed by atoms with E-state index in [9.17, 15) is 4.39 Å². The van der Waals surface area contributed by atoms with Gasteiger partial charge in [-0.1, -0.05) is 18.2 Å². The third-order valence-corrected chi connectivity index (χ3v) is 5.16. The Morgan fingerprint density at radius 2 is 1.77 bits per heavy atom. The van der Waals surface area contributed by atoms with Gasteiger partial charge in [-0.15, -0.1) is 0 Å². The largest absolute Gasteiger partial charge is 0.395 e. The van der Waals surface area contributed by atoms with Gasteiger partial charge in [-0.05, 0) is 35.9 Å². The number of hydrogen-bond donors (Lipinski definition) is 1.